The molecule has 4 rings (SSSR count). The van der Waals surface area contributed by atoms with Crippen molar-refractivity contribution in [3.8, 4) is 11.4 Å². The summed E-state index contributed by atoms with van der Waals surface area (Å²) in [5.74, 6) is -1.50. The number of aromatic nitrogens is 6. The van der Waals surface area contributed by atoms with E-state index >= 15 is 0 Å². The number of alkyl halides is 3. The summed E-state index contributed by atoms with van der Waals surface area (Å²) in [6.45, 7) is 1.53. The topological polar surface area (TPSA) is 90.5 Å². The number of carbonyl (C=O) groups is 1. The van der Waals surface area contributed by atoms with Crippen LogP contribution in [0.5, 0.6) is 0 Å². The number of amides is 1. The second-order valence-electron chi connectivity index (χ2n) is 6.55. The molecule has 0 aliphatic rings. The van der Waals surface area contributed by atoms with Gasteiger partial charge in [-0.25, -0.2) is 9.07 Å². The third-order valence-electron chi connectivity index (χ3n) is 4.41. The molecule has 0 atom stereocenters. The van der Waals surface area contributed by atoms with E-state index in [1.807, 2.05) is 0 Å². The lowest BCUT2D eigenvalue weighted by atomic mass is 10.2. The lowest BCUT2D eigenvalue weighted by Crippen LogP contribution is -2.21. The number of aryl methyl sites for hydroxylation is 1. The number of hydrogen-bond acceptors (Lipinski definition) is 5. The first-order valence-corrected chi connectivity index (χ1v) is 9.30. The second-order valence-corrected chi connectivity index (χ2v) is 6.99. The maximum atomic E-state index is 14.2. The van der Waals surface area contributed by atoms with Gasteiger partial charge in [-0.2, -0.15) is 23.0 Å². The first-order valence-electron chi connectivity index (χ1n) is 8.92. The van der Waals surface area contributed by atoms with Crippen LogP contribution in [-0.4, -0.2) is 35.9 Å². The zero-order valence-corrected chi connectivity index (χ0v) is 16.9. The van der Waals surface area contributed by atoms with Crippen LogP contribution in [0.2, 0.25) is 5.02 Å². The van der Waals surface area contributed by atoms with E-state index in [1.165, 1.54) is 43.3 Å². The predicted molar refractivity (Wildman–Crippen MR) is 105 cm³/mol. The quantitative estimate of drug-likeness (QED) is 0.456. The summed E-state index contributed by atoms with van der Waals surface area (Å²) < 4.78 is 57.3. The van der Waals surface area contributed by atoms with Gasteiger partial charge in [-0.1, -0.05) is 11.6 Å². The van der Waals surface area contributed by atoms with Crippen LogP contribution in [0.3, 0.4) is 0 Å². The Kier molecular flexibility index (Phi) is 5.38. The van der Waals surface area contributed by atoms with Crippen LogP contribution in [0, 0.1) is 12.7 Å². The molecule has 1 N–H and O–H groups in total. The molecule has 0 spiro atoms. The smallest absolute Gasteiger partial charge is 0.322 e. The van der Waals surface area contributed by atoms with Gasteiger partial charge in [-0.3, -0.25) is 4.79 Å². The molecule has 0 saturated heterocycles. The van der Waals surface area contributed by atoms with Crippen molar-refractivity contribution in [1.82, 2.24) is 30.0 Å². The van der Waals surface area contributed by atoms with Crippen LogP contribution in [0.25, 0.3) is 11.4 Å². The normalized spacial score (nSPS) is 11.6. The Balaban J connectivity index is 1.70. The van der Waals surface area contributed by atoms with Gasteiger partial charge >= 0.3 is 6.18 Å². The Bertz CT molecular complexity index is 1300. The van der Waals surface area contributed by atoms with Crippen LogP contribution >= 0.6 is 11.6 Å². The Labute approximate surface area is 182 Å². The third kappa shape index (κ3) is 4.04. The van der Waals surface area contributed by atoms with Gasteiger partial charge in [0.25, 0.3) is 5.91 Å². The number of tetrazole rings is 1. The largest absolute Gasteiger partial charge is 0.434 e. The van der Waals surface area contributed by atoms with Gasteiger partial charge in [0.2, 0.25) is 0 Å². The van der Waals surface area contributed by atoms with E-state index in [-0.39, 0.29) is 22.9 Å². The molecule has 32 heavy (non-hydrogen) atoms. The summed E-state index contributed by atoms with van der Waals surface area (Å²) >= 11 is 5.79. The van der Waals surface area contributed by atoms with Crippen molar-refractivity contribution in [3.63, 3.8) is 0 Å². The number of nitrogens with zero attached hydrogens (tertiary/aromatic N) is 6. The fraction of sp³-hybridized carbons (Fsp3) is 0.105. The zero-order chi connectivity index (χ0) is 23.0. The molecular weight excluding hydrogens is 454 g/mol. The van der Waals surface area contributed by atoms with Crippen LogP contribution in [0.15, 0.2) is 48.7 Å². The van der Waals surface area contributed by atoms with E-state index in [1.54, 1.807) is 0 Å². The van der Waals surface area contributed by atoms with E-state index in [4.69, 9.17) is 11.6 Å². The molecule has 13 heteroatoms. The summed E-state index contributed by atoms with van der Waals surface area (Å²) in [7, 11) is 0. The molecule has 1 amide bonds. The minimum atomic E-state index is -4.89. The molecule has 0 aliphatic heterocycles. The van der Waals surface area contributed by atoms with Crippen molar-refractivity contribution in [1.29, 1.82) is 0 Å². The maximum absolute atomic E-state index is 14.2. The Morgan fingerprint density at radius 1 is 1.09 bits per heavy atom. The fourth-order valence-electron chi connectivity index (χ4n) is 2.97. The maximum Gasteiger partial charge on any atom is 0.434 e. The van der Waals surface area contributed by atoms with Gasteiger partial charge < -0.3 is 5.32 Å². The highest BCUT2D eigenvalue weighted by atomic mass is 35.5. The molecule has 164 valence electrons. The molecule has 4 aromatic rings. The van der Waals surface area contributed by atoms with Gasteiger partial charge in [-0.15, -0.1) is 5.10 Å². The van der Waals surface area contributed by atoms with E-state index < -0.39 is 29.2 Å². The lowest BCUT2D eigenvalue weighted by Gasteiger charge is -2.13. The highest BCUT2D eigenvalue weighted by Crippen LogP contribution is 2.34. The highest BCUT2D eigenvalue weighted by Gasteiger charge is 2.40. The molecule has 2 aromatic carbocycles. The minimum Gasteiger partial charge on any atom is -0.322 e. The molecule has 0 radical (unpaired) electrons. The molecule has 0 bridgehead atoms. The Morgan fingerprint density at radius 2 is 1.81 bits per heavy atom. The van der Waals surface area contributed by atoms with Gasteiger partial charge in [0.15, 0.2) is 11.5 Å². The van der Waals surface area contributed by atoms with Crippen LogP contribution in [-0.2, 0) is 6.18 Å². The van der Waals surface area contributed by atoms with E-state index in [0.29, 0.717) is 9.70 Å². The predicted octanol–water partition coefficient (Wildman–Crippen LogP) is 4.22. The Hall–Kier alpha value is -3.80. The molecule has 2 heterocycles. The summed E-state index contributed by atoms with van der Waals surface area (Å²) in [5, 5.41) is 17.1. The first-order chi connectivity index (χ1) is 15.1. The zero-order valence-electron chi connectivity index (χ0n) is 16.1. The number of hydrogen-bond donors (Lipinski definition) is 1. The van der Waals surface area contributed by atoms with Gasteiger partial charge in [0.1, 0.15) is 11.5 Å². The number of rotatable bonds is 4. The van der Waals surface area contributed by atoms with Crippen molar-refractivity contribution < 1.29 is 22.4 Å². The van der Waals surface area contributed by atoms with Crippen molar-refractivity contribution >= 4 is 23.2 Å². The molecule has 0 unspecified atom stereocenters. The highest BCUT2D eigenvalue weighted by molar-refractivity contribution is 6.30. The van der Waals surface area contributed by atoms with Crippen LogP contribution in [0.1, 0.15) is 21.9 Å². The number of nitrogens with one attached hydrogen (secondary N) is 1. The van der Waals surface area contributed by atoms with Crippen molar-refractivity contribution in [2.24, 2.45) is 0 Å². The number of halogens is 5. The van der Waals surface area contributed by atoms with Crippen molar-refractivity contribution in [3.05, 3.63) is 76.6 Å². The first kappa shape index (κ1) is 21.4. The van der Waals surface area contributed by atoms with Crippen molar-refractivity contribution in [2.75, 3.05) is 5.32 Å². The van der Waals surface area contributed by atoms with Gasteiger partial charge in [0, 0.05) is 10.7 Å². The molecule has 0 fully saturated rings. The minimum absolute atomic E-state index is 0.0358. The SMILES string of the molecule is Cc1nnnn1-c1cc(NC(=O)c2cnn(-c3ccc(Cl)cc3)c2C(F)(F)F)ccc1F. The van der Waals surface area contributed by atoms with Gasteiger partial charge in [-0.05, 0) is 59.8 Å². The standard InChI is InChI=1S/C19H12ClF4N7O/c1-10-27-28-29-30(10)16-8-12(4-7-15(16)21)26-18(32)14-9-25-31(17(14)19(22,23)24)13-5-2-11(20)3-6-13/h2-9H,1H3,(H,26,32). The van der Waals surface area contributed by atoms with E-state index in [2.05, 4.69) is 25.9 Å². The van der Waals surface area contributed by atoms with E-state index in [9.17, 15) is 22.4 Å². The van der Waals surface area contributed by atoms with E-state index in [0.717, 1.165) is 16.9 Å². The third-order valence-corrected chi connectivity index (χ3v) is 4.66. The number of benzene rings is 2. The van der Waals surface area contributed by atoms with Gasteiger partial charge in [0.05, 0.1) is 17.4 Å². The lowest BCUT2D eigenvalue weighted by molar-refractivity contribution is -0.143. The molecule has 0 aliphatic carbocycles. The molecular formula is C19H12ClF4N7O. The monoisotopic (exact) mass is 465 g/mol. The van der Waals surface area contributed by atoms with Crippen LogP contribution in [0.4, 0.5) is 23.2 Å². The van der Waals surface area contributed by atoms with Crippen molar-refractivity contribution in [2.45, 2.75) is 13.1 Å². The number of anilines is 1. The summed E-state index contributed by atoms with van der Waals surface area (Å²) in [6.07, 6.45) is -4.08. The number of carbonyl (C=O) groups excluding carboxylic acids is 1. The fourth-order valence-corrected chi connectivity index (χ4v) is 3.10. The summed E-state index contributed by atoms with van der Waals surface area (Å²) in [5.41, 5.74) is -1.96. The molecule has 0 saturated carbocycles. The average Bonchev–Trinajstić information content (AvgIpc) is 3.36. The summed E-state index contributed by atoms with van der Waals surface area (Å²) in [4.78, 5) is 12.7. The Morgan fingerprint density at radius 3 is 2.44 bits per heavy atom. The van der Waals surface area contributed by atoms with Crippen LogP contribution < -0.4 is 5.32 Å². The average molecular weight is 466 g/mol. The second kappa shape index (κ2) is 8.04. The molecule has 2 aromatic heterocycles. The molecule has 8 nitrogen and oxygen atoms in total. The summed E-state index contributed by atoms with van der Waals surface area (Å²) in [6, 6.07) is 8.92.